The van der Waals surface area contributed by atoms with Crippen molar-refractivity contribution in [1.82, 2.24) is 4.98 Å². The van der Waals surface area contributed by atoms with Crippen LogP contribution in [0.3, 0.4) is 0 Å². The molecule has 203 valence electrons. The topological polar surface area (TPSA) is 90.0 Å². The normalized spacial score (nSPS) is 17.6. The Hall–Kier alpha value is -5.17. The number of nitrogens with zero attached hydrogens (tertiary/aromatic N) is 7. The molecular formula is C34H21CuN7. The summed E-state index contributed by atoms with van der Waals surface area (Å²) in [7, 11) is 0. The Morgan fingerprint density at radius 1 is 0.571 bits per heavy atom. The summed E-state index contributed by atoms with van der Waals surface area (Å²) in [5.74, 6) is 3.50. The van der Waals surface area contributed by atoms with Crippen LogP contribution in [0.15, 0.2) is 129 Å². The van der Waals surface area contributed by atoms with E-state index in [1.165, 1.54) is 0 Å². The van der Waals surface area contributed by atoms with Crippen LogP contribution >= 0.6 is 0 Å². The van der Waals surface area contributed by atoms with Gasteiger partial charge in [-0.2, -0.15) is 0 Å². The quantitative estimate of drug-likeness (QED) is 0.194. The molecule has 3 aliphatic rings. The summed E-state index contributed by atoms with van der Waals surface area (Å²) < 4.78 is 0. The van der Waals surface area contributed by atoms with Gasteiger partial charge in [-0.1, -0.05) is 109 Å². The fourth-order valence-corrected chi connectivity index (χ4v) is 5.45. The zero-order valence-corrected chi connectivity index (χ0v) is 23.3. The van der Waals surface area contributed by atoms with Crippen molar-refractivity contribution in [2.24, 2.45) is 25.0 Å². The van der Waals surface area contributed by atoms with Crippen molar-refractivity contribution >= 4 is 51.5 Å². The number of aliphatic imine (C=N–C) groups is 5. The van der Waals surface area contributed by atoms with Crippen molar-refractivity contribution in [3.63, 3.8) is 0 Å². The van der Waals surface area contributed by atoms with Gasteiger partial charge in [-0.3, -0.25) is 0 Å². The molecule has 4 heterocycles. The Morgan fingerprint density at radius 3 is 1.74 bits per heavy atom. The summed E-state index contributed by atoms with van der Waals surface area (Å²) in [6.07, 6.45) is 0. The summed E-state index contributed by atoms with van der Waals surface area (Å²) >= 11 is 0. The van der Waals surface area contributed by atoms with Crippen molar-refractivity contribution in [3.05, 3.63) is 148 Å². The van der Waals surface area contributed by atoms with Crippen LogP contribution in [0.1, 0.15) is 39.1 Å². The molecule has 8 rings (SSSR count). The number of aryl methyl sites for hydroxylation is 1. The van der Waals surface area contributed by atoms with E-state index in [-0.39, 0.29) is 17.1 Å². The van der Waals surface area contributed by atoms with Crippen molar-refractivity contribution in [1.29, 1.82) is 0 Å². The molecule has 0 N–H and O–H groups in total. The molecule has 0 fully saturated rings. The van der Waals surface area contributed by atoms with E-state index in [4.69, 9.17) is 30.3 Å². The zero-order chi connectivity index (χ0) is 27.5. The summed E-state index contributed by atoms with van der Waals surface area (Å²) in [6.45, 7) is 6.08. The van der Waals surface area contributed by atoms with Crippen LogP contribution in [-0.4, -0.2) is 29.2 Å². The molecule has 0 atom stereocenters. The third-order valence-corrected chi connectivity index (χ3v) is 7.43. The van der Waals surface area contributed by atoms with E-state index in [9.17, 15) is 0 Å². The Balaban J connectivity index is 0.00000288. The van der Waals surface area contributed by atoms with Gasteiger partial charge in [-0.05, 0) is 34.6 Å². The third kappa shape index (κ3) is 4.08. The standard InChI is InChI=1S/C34H21N7.Cu/c1-19-21-11-3-5-13-23(21)29(35-19)37-31-25-15-7-9-17-27(25)33(39-31)41-34-28-18-10-8-16-26(28)32(40-34)38-30-24-14-6-4-12-22(24)20(2)36-30;/h3-18H,1H2,2H3;/q-2;+2. The Bertz CT molecular complexity index is 2110. The molecule has 7 nitrogen and oxygen atoms in total. The Labute approximate surface area is 252 Å². The van der Waals surface area contributed by atoms with E-state index in [1.807, 2.05) is 97.9 Å². The van der Waals surface area contributed by atoms with Gasteiger partial charge in [0.2, 0.25) is 0 Å². The van der Waals surface area contributed by atoms with E-state index in [1.54, 1.807) is 0 Å². The van der Waals surface area contributed by atoms with Crippen LogP contribution in [0, 0.1) is 6.92 Å². The molecule has 0 saturated carbocycles. The number of rotatable bonds is 1. The van der Waals surface area contributed by atoms with Crippen molar-refractivity contribution in [2.75, 3.05) is 0 Å². The van der Waals surface area contributed by atoms with Gasteiger partial charge in [-0.15, -0.1) is 0 Å². The summed E-state index contributed by atoms with van der Waals surface area (Å²) in [4.78, 5) is 28.9. The fraction of sp³-hybridized carbons (Fsp3) is 0.0294. The maximum atomic E-state index is 4.96. The first-order valence-electron chi connectivity index (χ1n) is 13.3. The summed E-state index contributed by atoms with van der Waals surface area (Å²) in [6, 6.07) is 32.0. The molecule has 0 unspecified atom stereocenters. The molecule has 4 aromatic carbocycles. The molecule has 8 heteroatoms. The fourth-order valence-electron chi connectivity index (χ4n) is 5.45. The largest absolute Gasteiger partial charge is 2.00 e. The first kappa shape index (κ1) is 25.8. The maximum absolute atomic E-state index is 4.96. The second-order valence-electron chi connectivity index (χ2n) is 9.94. The number of benzene rings is 4. The van der Waals surface area contributed by atoms with Gasteiger partial charge in [-0.25, -0.2) is 9.98 Å². The maximum Gasteiger partial charge on any atom is 2.00 e. The number of aromatic nitrogens is 1. The van der Waals surface area contributed by atoms with Crippen LogP contribution in [-0.2, 0) is 17.1 Å². The van der Waals surface area contributed by atoms with Gasteiger partial charge < -0.3 is 25.3 Å². The van der Waals surface area contributed by atoms with Gasteiger partial charge >= 0.3 is 17.1 Å². The predicted molar refractivity (Wildman–Crippen MR) is 166 cm³/mol. The second kappa shape index (κ2) is 10.0. The van der Waals surface area contributed by atoms with E-state index in [0.717, 1.165) is 49.8 Å². The van der Waals surface area contributed by atoms with Gasteiger partial charge in [0.25, 0.3) is 0 Å². The summed E-state index contributed by atoms with van der Waals surface area (Å²) in [5, 5.41) is 6.96. The molecular weight excluding hydrogens is 570 g/mol. The van der Waals surface area contributed by atoms with Crippen molar-refractivity contribution in [3.8, 4) is 0 Å². The van der Waals surface area contributed by atoms with Gasteiger partial charge in [0.05, 0.1) is 23.2 Å². The van der Waals surface area contributed by atoms with E-state index >= 15 is 0 Å². The second-order valence-corrected chi connectivity index (χ2v) is 9.94. The first-order valence-corrected chi connectivity index (χ1v) is 13.3. The summed E-state index contributed by atoms with van der Waals surface area (Å²) in [5.41, 5.74) is 7.17. The van der Waals surface area contributed by atoms with Crippen LogP contribution in [0.5, 0.6) is 0 Å². The molecule has 42 heavy (non-hydrogen) atoms. The van der Waals surface area contributed by atoms with E-state index in [0.29, 0.717) is 40.7 Å². The van der Waals surface area contributed by atoms with E-state index < -0.39 is 0 Å². The van der Waals surface area contributed by atoms with E-state index in [2.05, 4.69) is 17.6 Å². The molecule has 0 saturated heterocycles. The van der Waals surface area contributed by atoms with Gasteiger partial charge in [0.1, 0.15) is 0 Å². The molecule has 3 aliphatic heterocycles. The smallest absolute Gasteiger partial charge is 0.439 e. The van der Waals surface area contributed by atoms with Crippen LogP contribution in [0.4, 0.5) is 5.82 Å². The van der Waals surface area contributed by atoms with Gasteiger partial charge in [0, 0.05) is 33.9 Å². The third-order valence-electron chi connectivity index (χ3n) is 7.43. The van der Waals surface area contributed by atoms with Crippen LogP contribution < -0.4 is 4.98 Å². The number of hydrogen-bond donors (Lipinski definition) is 0. The molecule has 0 amide bonds. The first-order chi connectivity index (χ1) is 20.1. The average molecular weight is 591 g/mol. The number of amidine groups is 5. The van der Waals surface area contributed by atoms with Crippen molar-refractivity contribution < 1.29 is 17.1 Å². The van der Waals surface area contributed by atoms with Crippen LogP contribution in [0.2, 0.25) is 0 Å². The molecule has 5 aromatic rings. The molecule has 1 aromatic heterocycles. The Kier molecular flexibility index (Phi) is 6.16. The zero-order valence-electron chi connectivity index (χ0n) is 22.4. The minimum atomic E-state index is 0. The minimum absolute atomic E-state index is 0. The molecule has 1 radical (unpaired) electrons. The monoisotopic (exact) mass is 590 g/mol. The average Bonchev–Trinajstić information content (AvgIpc) is 3.73. The molecule has 0 aliphatic carbocycles. The Morgan fingerprint density at radius 2 is 1.07 bits per heavy atom. The SMILES string of the molecule is C=C1N=C(N=C2[N-]C(=NC3=N/C(=N\c4[n-]c(C)c5ccccc45)c4ccccc43)c3ccccc32)c2ccccc21.[Cu+2]. The predicted octanol–water partition coefficient (Wildman–Crippen LogP) is 6.95. The number of fused-ring (bicyclic) bond motifs is 4. The van der Waals surface area contributed by atoms with Gasteiger partial charge in [0.15, 0.2) is 0 Å². The van der Waals surface area contributed by atoms with Crippen LogP contribution in [0.25, 0.3) is 21.8 Å². The molecule has 0 spiro atoms. The number of hydrogen-bond acceptors (Lipinski definition) is 4. The minimum Gasteiger partial charge on any atom is -0.439 e. The van der Waals surface area contributed by atoms with Crippen molar-refractivity contribution in [2.45, 2.75) is 6.92 Å². The molecule has 0 bridgehead atoms.